The number of nitrogens with one attached hydrogen (secondary N) is 2. The summed E-state index contributed by atoms with van der Waals surface area (Å²) in [5, 5.41) is 5.68. The molecule has 1 aromatic heterocycles. The number of hydrogen-bond acceptors (Lipinski definition) is 5. The van der Waals surface area contributed by atoms with Gasteiger partial charge in [0.2, 0.25) is 0 Å². The molecule has 0 aliphatic rings. The third kappa shape index (κ3) is 5.70. The summed E-state index contributed by atoms with van der Waals surface area (Å²) in [5.74, 6) is 0.251. The van der Waals surface area contributed by atoms with Crippen LogP contribution in [0.3, 0.4) is 0 Å². The minimum atomic E-state index is -0.423. The zero-order chi connectivity index (χ0) is 24.6. The highest BCUT2D eigenvalue weighted by Crippen LogP contribution is 2.37. The van der Waals surface area contributed by atoms with Crippen LogP contribution in [0.1, 0.15) is 34.8 Å². The van der Waals surface area contributed by atoms with Gasteiger partial charge in [-0.2, -0.15) is 0 Å². The van der Waals surface area contributed by atoms with Crippen LogP contribution in [0.15, 0.2) is 89.5 Å². The van der Waals surface area contributed by atoms with E-state index in [1.54, 1.807) is 36.4 Å². The van der Waals surface area contributed by atoms with Crippen molar-refractivity contribution in [1.29, 1.82) is 0 Å². The molecular formula is C28H26N2O5. The molecule has 0 saturated heterocycles. The van der Waals surface area contributed by atoms with E-state index in [-0.39, 0.29) is 11.7 Å². The van der Waals surface area contributed by atoms with Gasteiger partial charge >= 0.3 is 0 Å². The van der Waals surface area contributed by atoms with Crippen LogP contribution in [-0.2, 0) is 0 Å². The third-order valence-electron chi connectivity index (χ3n) is 5.18. The smallest absolute Gasteiger partial charge is 0.291 e. The van der Waals surface area contributed by atoms with Crippen molar-refractivity contribution in [2.24, 2.45) is 0 Å². The lowest BCUT2D eigenvalue weighted by atomic mass is 10.0. The second-order valence-electron chi connectivity index (χ2n) is 7.54. The van der Waals surface area contributed by atoms with Crippen LogP contribution < -0.4 is 20.1 Å². The van der Waals surface area contributed by atoms with Gasteiger partial charge in [0.1, 0.15) is 11.5 Å². The highest BCUT2D eigenvalue weighted by molar-refractivity contribution is 6.07. The fourth-order valence-electron chi connectivity index (χ4n) is 3.54. The standard InChI is InChI=1S/C28H26N2O5/c1-3-33-25-18-23(30-28(32)24-11-8-16-35-24)26(34-4-2)17-22(25)29-27(31)21-14-12-20(13-15-21)19-9-6-5-7-10-19/h5-18H,3-4H2,1-2H3,(H,29,31)(H,30,32). The van der Waals surface area contributed by atoms with Gasteiger partial charge in [-0.05, 0) is 49.2 Å². The van der Waals surface area contributed by atoms with Crippen LogP contribution in [0, 0.1) is 0 Å². The lowest BCUT2D eigenvalue weighted by Crippen LogP contribution is -2.15. The zero-order valence-corrected chi connectivity index (χ0v) is 19.5. The Kier molecular flexibility index (Phi) is 7.47. The Bertz CT molecular complexity index is 1280. The summed E-state index contributed by atoms with van der Waals surface area (Å²) >= 11 is 0. The molecule has 0 atom stereocenters. The lowest BCUT2D eigenvalue weighted by Gasteiger charge is -2.17. The number of rotatable bonds is 9. The van der Waals surface area contributed by atoms with Crippen molar-refractivity contribution in [2.75, 3.05) is 23.8 Å². The van der Waals surface area contributed by atoms with Gasteiger partial charge in [-0.25, -0.2) is 0 Å². The van der Waals surface area contributed by atoms with Crippen molar-refractivity contribution >= 4 is 23.2 Å². The van der Waals surface area contributed by atoms with Crippen LogP contribution in [0.25, 0.3) is 11.1 Å². The SMILES string of the molecule is CCOc1cc(NC(=O)c2ccco2)c(OCC)cc1NC(=O)c1ccc(-c2ccccc2)cc1. The van der Waals surface area contributed by atoms with Crippen LogP contribution in [0.2, 0.25) is 0 Å². The molecule has 7 heteroatoms. The fraction of sp³-hybridized carbons (Fsp3) is 0.143. The quantitative estimate of drug-likeness (QED) is 0.302. The van der Waals surface area contributed by atoms with Gasteiger partial charge in [-0.1, -0.05) is 42.5 Å². The number of anilines is 2. The Balaban J connectivity index is 1.58. The minimum Gasteiger partial charge on any atom is -0.492 e. The maximum atomic E-state index is 13.0. The first-order valence-corrected chi connectivity index (χ1v) is 11.3. The molecule has 0 bridgehead atoms. The molecule has 0 aliphatic carbocycles. The summed E-state index contributed by atoms with van der Waals surface area (Å²) in [6.07, 6.45) is 1.43. The van der Waals surface area contributed by atoms with Gasteiger partial charge in [0.05, 0.1) is 30.9 Å². The maximum absolute atomic E-state index is 13.0. The summed E-state index contributed by atoms with van der Waals surface area (Å²) < 4.78 is 16.6. The Labute approximate surface area is 203 Å². The molecule has 0 fully saturated rings. The first kappa shape index (κ1) is 23.6. The van der Waals surface area contributed by atoms with Crippen LogP contribution in [-0.4, -0.2) is 25.0 Å². The van der Waals surface area contributed by atoms with Crippen molar-refractivity contribution in [3.8, 4) is 22.6 Å². The molecule has 0 aliphatic heterocycles. The molecule has 0 unspecified atom stereocenters. The van der Waals surface area contributed by atoms with Crippen LogP contribution >= 0.6 is 0 Å². The Morgan fingerprint density at radius 3 is 1.83 bits per heavy atom. The topological polar surface area (TPSA) is 89.8 Å². The fourth-order valence-corrected chi connectivity index (χ4v) is 3.54. The number of amides is 2. The molecule has 2 amide bonds. The first-order chi connectivity index (χ1) is 17.1. The van der Waals surface area contributed by atoms with E-state index >= 15 is 0 Å². The number of carbonyl (C=O) groups excluding carboxylic acids is 2. The van der Waals surface area contributed by atoms with E-state index in [0.717, 1.165) is 11.1 Å². The van der Waals surface area contributed by atoms with Gasteiger partial charge in [-0.3, -0.25) is 9.59 Å². The molecular weight excluding hydrogens is 444 g/mol. The average molecular weight is 471 g/mol. The van der Waals surface area contributed by atoms with E-state index in [1.807, 2.05) is 56.3 Å². The molecule has 2 N–H and O–H groups in total. The van der Waals surface area contributed by atoms with Gasteiger partial charge in [0.25, 0.3) is 11.8 Å². The number of ether oxygens (including phenoxy) is 2. The molecule has 1 heterocycles. The van der Waals surface area contributed by atoms with Crippen LogP contribution in [0.5, 0.6) is 11.5 Å². The van der Waals surface area contributed by atoms with Crippen molar-refractivity contribution in [3.63, 3.8) is 0 Å². The summed E-state index contributed by atoms with van der Waals surface area (Å²) in [4.78, 5) is 25.5. The van der Waals surface area contributed by atoms with E-state index in [2.05, 4.69) is 10.6 Å². The normalized spacial score (nSPS) is 10.5. The monoisotopic (exact) mass is 470 g/mol. The highest BCUT2D eigenvalue weighted by Gasteiger charge is 2.18. The van der Waals surface area contributed by atoms with Crippen molar-refractivity contribution in [2.45, 2.75) is 13.8 Å². The average Bonchev–Trinajstić information content (AvgIpc) is 3.43. The lowest BCUT2D eigenvalue weighted by molar-refractivity contribution is 0.0993. The summed E-state index contributed by atoms with van der Waals surface area (Å²) in [6.45, 7) is 4.41. The second kappa shape index (κ2) is 11.1. The van der Waals surface area contributed by atoms with Gasteiger partial charge in [0, 0.05) is 17.7 Å². The van der Waals surface area contributed by atoms with E-state index in [0.29, 0.717) is 41.7 Å². The first-order valence-electron chi connectivity index (χ1n) is 11.3. The van der Waals surface area contributed by atoms with Crippen molar-refractivity contribution < 1.29 is 23.5 Å². The summed E-state index contributed by atoms with van der Waals surface area (Å²) in [5.41, 5.74) is 3.43. The number of benzene rings is 3. The van der Waals surface area contributed by atoms with E-state index in [1.165, 1.54) is 6.26 Å². The maximum Gasteiger partial charge on any atom is 0.291 e. The zero-order valence-electron chi connectivity index (χ0n) is 19.5. The number of carbonyl (C=O) groups is 2. The third-order valence-corrected chi connectivity index (χ3v) is 5.18. The minimum absolute atomic E-state index is 0.168. The molecule has 35 heavy (non-hydrogen) atoms. The van der Waals surface area contributed by atoms with Crippen molar-refractivity contribution in [3.05, 3.63) is 96.4 Å². The largest absolute Gasteiger partial charge is 0.492 e. The van der Waals surface area contributed by atoms with Crippen LogP contribution in [0.4, 0.5) is 11.4 Å². The van der Waals surface area contributed by atoms with Gasteiger partial charge in [0.15, 0.2) is 5.76 Å². The predicted molar refractivity (Wildman–Crippen MR) is 135 cm³/mol. The molecule has 178 valence electrons. The van der Waals surface area contributed by atoms with Gasteiger partial charge < -0.3 is 24.5 Å². The highest BCUT2D eigenvalue weighted by atomic mass is 16.5. The molecule has 0 spiro atoms. The molecule has 0 saturated carbocycles. The number of furan rings is 1. The second-order valence-corrected chi connectivity index (χ2v) is 7.54. The van der Waals surface area contributed by atoms with E-state index < -0.39 is 5.91 Å². The molecule has 7 nitrogen and oxygen atoms in total. The Morgan fingerprint density at radius 2 is 1.29 bits per heavy atom. The van der Waals surface area contributed by atoms with E-state index in [4.69, 9.17) is 13.9 Å². The van der Waals surface area contributed by atoms with Gasteiger partial charge in [-0.15, -0.1) is 0 Å². The Morgan fingerprint density at radius 1 is 0.714 bits per heavy atom. The molecule has 4 aromatic rings. The Hall–Kier alpha value is -4.52. The van der Waals surface area contributed by atoms with E-state index in [9.17, 15) is 9.59 Å². The molecule has 3 aromatic carbocycles. The van der Waals surface area contributed by atoms with Crippen molar-refractivity contribution in [1.82, 2.24) is 0 Å². The number of hydrogen-bond donors (Lipinski definition) is 2. The molecule has 0 radical (unpaired) electrons. The summed E-state index contributed by atoms with van der Waals surface area (Å²) in [6, 6.07) is 23.8. The predicted octanol–water partition coefficient (Wildman–Crippen LogP) is 6.25. The molecule has 4 rings (SSSR count). The summed E-state index contributed by atoms with van der Waals surface area (Å²) in [7, 11) is 0.